The molecule has 1 unspecified atom stereocenters. The summed E-state index contributed by atoms with van der Waals surface area (Å²) in [5.41, 5.74) is 0. The van der Waals surface area contributed by atoms with Crippen molar-refractivity contribution >= 4 is 0 Å². The molecule has 1 aliphatic carbocycles. The maximum atomic E-state index is 5.40. The molecule has 0 amide bonds. The van der Waals surface area contributed by atoms with Crippen LogP contribution in [0.15, 0.2) is 0 Å². The SMILES string of the molecule is CN(C)CC1CCC(NC2CCOC2)CC1. The van der Waals surface area contributed by atoms with Crippen molar-refractivity contribution in [2.75, 3.05) is 33.9 Å². The summed E-state index contributed by atoms with van der Waals surface area (Å²) >= 11 is 0. The van der Waals surface area contributed by atoms with Crippen molar-refractivity contribution in [1.29, 1.82) is 0 Å². The maximum Gasteiger partial charge on any atom is 0.0620 e. The van der Waals surface area contributed by atoms with Gasteiger partial charge in [0.15, 0.2) is 0 Å². The molecule has 0 aromatic heterocycles. The number of hydrogen-bond donors (Lipinski definition) is 1. The highest BCUT2D eigenvalue weighted by atomic mass is 16.5. The van der Waals surface area contributed by atoms with Crippen LogP contribution in [0.5, 0.6) is 0 Å². The summed E-state index contributed by atoms with van der Waals surface area (Å²) in [7, 11) is 4.36. The standard InChI is InChI=1S/C13H26N2O/c1-15(2)9-11-3-5-12(6-4-11)14-13-7-8-16-10-13/h11-14H,3-10H2,1-2H3. The number of hydrogen-bond acceptors (Lipinski definition) is 3. The highest BCUT2D eigenvalue weighted by Gasteiger charge is 2.24. The molecule has 1 aliphatic heterocycles. The molecule has 2 aliphatic rings. The number of nitrogens with zero attached hydrogens (tertiary/aromatic N) is 1. The average Bonchev–Trinajstić information content (AvgIpc) is 2.73. The van der Waals surface area contributed by atoms with Crippen molar-refractivity contribution in [2.45, 2.75) is 44.2 Å². The Labute approximate surface area is 99.5 Å². The first-order valence-electron chi connectivity index (χ1n) is 6.72. The zero-order valence-corrected chi connectivity index (χ0v) is 10.7. The molecule has 0 aromatic carbocycles. The Balaban J connectivity index is 1.64. The minimum absolute atomic E-state index is 0.635. The van der Waals surface area contributed by atoms with Gasteiger partial charge in [0.1, 0.15) is 0 Å². The van der Waals surface area contributed by atoms with Gasteiger partial charge in [-0.1, -0.05) is 0 Å². The molecule has 1 heterocycles. The lowest BCUT2D eigenvalue weighted by Gasteiger charge is -2.32. The zero-order chi connectivity index (χ0) is 11.4. The molecule has 2 rings (SSSR count). The average molecular weight is 226 g/mol. The molecular formula is C13H26N2O. The molecule has 1 saturated heterocycles. The Kier molecular flexibility index (Phi) is 4.62. The second kappa shape index (κ2) is 5.99. The van der Waals surface area contributed by atoms with Crippen LogP contribution in [0, 0.1) is 5.92 Å². The number of ether oxygens (including phenoxy) is 1. The van der Waals surface area contributed by atoms with Gasteiger partial charge in [0.2, 0.25) is 0 Å². The molecule has 16 heavy (non-hydrogen) atoms. The highest BCUT2D eigenvalue weighted by molar-refractivity contribution is 4.82. The van der Waals surface area contributed by atoms with Gasteiger partial charge in [0.25, 0.3) is 0 Å². The lowest BCUT2D eigenvalue weighted by atomic mass is 9.85. The zero-order valence-electron chi connectivity index (χ0n) is 10.7. The van der Waals surface area contributed by atoms with E-state index in [0.717, 1.165) is 25.2 Å². The fourth-order valence-electron chi connectivity index (χ4n) is 3.03. The van der Waals surface area contributed by atoms with Gasteiger partial charge >= 0.3 is 0 Å². The molecule has 0 radical (unpaired) electrons. The third-order valence-electron chi connectivity index (χ3n) is 3.87. The van der Waals surface area contributed by atoms with Crippen molar-refractivity contribution in [3.8, 4) is 0 Å². The van der Waals surface area contributed by atoms with Gasteiger partial charge in [-0.25, -0.2) is 0 Å². The normalized spacial score (nSPS) is 35.8. The minimum Gasteiger partial charge on any atom is -0.380 e. The number of nitrogens with one attached hydrogen (secondary N) is 1. The molecule has 94 valence electrons. The van der Waals surface area contributed by atoms with Crippen LogP contribution < -0.4 is 5.32 Å². The van der Waals surface area contributed by atoms with E-state index in [1.54, 1.807) is 0 Å². The second-order valence-corrected chi connectivity index (χ2v) is 5.71. The van der Waals surface area contributed by atoms with Crippen LogP contribution in [0.1, 0.15) is 32.1 Å². The van der Waals surface area contributed by atoms with Crippen LogP contribution in [0.25, 0.3) is 0 Å². The molecule has 0 aromatic rings. The maximum absolute atomic E-state index is 5.40. The third-order valence-corrected chi connectivity index (χ3v) is 3.87. The Morgan fingerprint density at radius 2 is 1.81 bits per heavy atom. The first-order chi connectivity index (χ1) is 7.74. The van der Waals surface area contributed by atoms with E-state index in [1.807, 2.05) is 0 Å². The Bertz CT molecular complexity index is 194. The van der Waals surface area contributed by atoms with Crippen molar-refractivity contribution in [3.05, 3.63) is 0 Å². The van der Waals surface area contributed by atoms with Crippen LogP contribution in [0.3, 0.4) is 0 Å². The molecular weight excluding hydrogens is 200 g/mol. The lowest BCUT2D eigenvalue weighted by Crippen LogP contribution is -2.41. The van der Waals surface area contributed by atoms with Crippen molar-refractivity contribution in [3.63, 3.8) is 0 Å². The van der Waals surface area contributed by atoms with Crippen molar-refractivity contribution in [2.24, 2.45) is 5.92 Å². The van der Waals surface area contributed by atoms with Crippen molar-refractivity contribution < 1.29 is 4.74 Å². The second-order valence-electron chi connectivity index (χ2n) is 5.71. The summed E-state index contributed by atoms with van der Waals surface area (Å²) in [5.74, 6) is 0.924. The molecule has 2 fully saturated rings. The fourth-order valence-corrected chi connectivity index (χ4v) is 3.03. The monoisotopic (exact) mass is 226 g/mol. The largest absolute Gasteiger partial charge is 0.380 e. The van der Waals surface area contributed by atoms with E-state index < -0.39 is 0 Å². The van der Waals surface area contributed by atoms with Crippen LogP contribution in [-0.4, -0.2) is 50.8 Å². The van der Waals surface area contributed by atoms with Gasteiger partial charge in [-0.05, 0) is 52.1 Å². The Morgan fingerprint density at radius 3 is 2.38 bits per heavy atom. The molecule has 0 bridgehead atoms. The van der Waals surface area contributed by atoms with Crippen LogP contribution in [-0.2, 0) is 4.74 Å². The molecule has 0 spiro atoms. The van der Waals surface area contributed by atoms with Crippen LogP contribution in [0.4, 0.5) is 0 Å². The molecule has 1 N–H and O–H groups in total. The van der Waals surface area contributed by atoms with E-state index in [0.29, 0.717) is 6.04 Å². The van der Waals surface area contributed by atoms with Crippen LogP contribution >= 0.6 is 0 Å². The van der Waals surface area contributed by atoms with Crippen LogP contribution in [0.2, 0.25) is 0 Å². The Hall–Kier alpha value is -0.120. The predicted octanol–water partition coefficient (Wildman–Crippen LogP) is 1.49. The van der Waals surface area contributed by atoms with Gasteiger partial charge < -0.3 is 15.0 Å². The predicted molar refractivity (Wildman–Crippen MR) is 66.7 cm³/mol. The van der Waals surface area contributed by atoms with E-state index >= 15 is 0 Å². The Morgan fingerprint density at radius 1 is 1.06 bits per heavy atom. The molecule has 3 heteroatoms. The topological polar surface area (TPSA) is 24.5 Å². The molecule has 1 atom stereocenters. The summed E-state index contributed by atoms with van der Waals surface area (Å²) in [4.78, 5) is 2.32. The summed E-state index contributed by atoms with van der Waals surface area (Å²) in [6, 6.07) is 1.39. The highest BCUT2D eigenvalue weighted by Crippen LogP contribution is 2.25. The summed E-state index contributed by atoms with van der Waals surface area (Å²) in [6.07, 6.45) is 6.70. The van der Waals surface area contributed by atoms with Gasteiger partial charge in [0, 0.05) is 25.2 Å². The van der Waals surface area contributed by atoms with Gasteiger partial charge in [-0.3, -0.25) is 0 Å². The van der Waals surface area contributed by atoms with Gasteiger partial charge in [-0.15, -0.1) is 0 Å². The molecule has 1 saturated carbocycles. The summed E-state index contributed by atoms with van der Waals surface area (Å²) in [5, 5.41) is 3.75. The van der Waals surface area contributed by atoms with E-state index in [9.17, 15) is 0 Å². The van der Waals surface area contributed by atoms with E-state index in [-0.39, 0.29) is 0 Å². The quantitative estimate of drug-likeness (QED) is 0.786. The van der Waals surface area contributed by atoms with Gasteiger partial charge in [-0.2, -0.15) is 0 Å². The minimum atomic E-state index is 0.635. The number of rotatable bonds is 4. The van der Waals surface area contributed by atoms with E-state index in [2.05, 4.69) is 24.3 Å². The lowest BCUT2D eigenvalue weighted by molar-refractivity contribution is 0.181. The summed E-state index contributed by atoms with van der Waals surface area (Å²) in [6.45, 7) is 3.14. The summed E-state index contributed by atoms with van der Waals surface area (Å²) < 4.78 is 5.40. The van der Waals surface area contributed by atoms with Crippen molar-refractivity contribution in [1.82, 2.24) is 10.2 Å². The smallest absolute Gasteiger partial charge is 0.0620 e. The fraction of sp³-hybridized carbons (Fsp3) is 1.00. The molecule has 3 nitrogen and oxygen atoms in total. The van der Waals surface area contributed by atoms with E-state index in [4.69, 9.17) is 4.74 Å². The van der Waals surface area contributed by atoms with Gasteiger partial charge in [0.05, 0.1) is 6.61 Å². The van der Waals surface area contributed by atoms with E-state index in [1.165, 1.54) is 38.6 Å². The third kappa shape index (κ3) is 3.72. The first kappa shape index (κ1) is 12.3. The first-order valence-corrected chi connectivity index (χ1v) is 6.72.